The molecule has 0 unspecified atom stereocenters. The normalized spacial score (nSPS) is 11.5. The van der Waals surface area contributed by atoms with Crippen molar-refractivity contribution in [3.8, 4) is 115 Å². The zero-order valence-electron chi connectivity index (χ0n) is 54.1. The summed E-state index contributed by atoms with van der Waals surface area (Å²) in [5.74, 6) is 1.53. The van der Waals surface area contributed by atoms with Crippen LogP contribution in [0.1, 0.15) is 22.3 Å². The molecule has 0 fully saturated rings. The summed E-state index contributed by atoms with van der Waals surface area (Å²) in [6.45, 7) is 0. The highest BCUT2D eigenvalue weighted by Crippen LogP contribution is 2.55. The van der Waals surface area contributed by atoms with Gasteiger partial charge in [0.1, 0.15) is 0 Å². The fourth-order valence-electron chi connectivity index (χ4n) is 15.1. The van der Waals surface area contributed by atoms with Gasteiger partial charge in [0.2, 0.25) is 0 Å². The fourth-order valence-corrected chi connectivity index (χ4v) is 15.1. The average Bonchev–Trinajstić information content (AvgIpc) is 1.43. The second-order valence-electron chi connectivity index (χ2n) is 25.2. The quantitative estimate of drug-likeness (QED) is 0.129. The molecular formula is C89H49N13. The second-order valence-corrected chi connectivity index (χ2v) is 25.2. The molecule has 0 spiro atoms. The van der Waals surface area contributed by atoms with Crippen molar-refractivity contribution in [2.45, 2.75) is 0 Å². The summed E-state index contributed by atoms with van der Waals surface area (Å²) in [7, 11) is 0. The first-order chi connectivity index (χ1) is 50.4. The molecule has 19 aromatic rings. The molecule has 102 heavy (non-hydrogen) atoms. The topological polar surface area (TPSA) is 179 Å². The first-order valence-corrected chi connectivity index (χ1v) is 33.3. The van der Waals surface area contributed by atoms with E-state index in [0.717, 1.165) is 109 Å². The third-order valence-corrected chi connectivity index (χ3v) is 19.5. The molecule has 0 aliphatic rings. The minimum absolute atomic E-state index is 0.281. The van der Waals surface area contributed by atoms with Crippen molar-refractivity contribution in [3.63, 3.8) is 0 Å². The number of benzene rings is 13. The molecule has 0 amide bonds. The lowest BCUT2D eigenvalue weighted by molar-refractivity contribution is 1.01. The van der Waals surface area contributed by atoms with E-state index in [4.69, 9.17) is 24.9 Å². The predicted molar refractivity (Wildman–Crippen MR) is 404 cm³/mol. The highest BCUT2D eigenvalue weighted by Gasteiger charge is 2.38. The van der Waals surface area contributed by atoms with Crippen LogP contribution >= 0.6 is 0 Å². The van der Waals surface area contributed by atoms with Crippen LogP contribution in [0, 0.1) is 45.3 Å². The van der Waals surface area contributed by atoms with Crippen molar-refractivity contribution in [3.05, 3.63) is 320 Å². The van der Waals surface area contributed by atoms with Gasteiger partial charge in [-0.25, -0.2) is 24.9 Å². The van der Waals surface area contributed by atoms with Gasteiger partial charge in [-0.1, -0.05) is 194 Å². The maximum absolute atomic E-state index is 10.9. The molecule has 0 saturated heterocycles. The lowest BCUT2D eigenvalue weighted by Crippen LogP contribution is -2.17. The van der Waals surface area contributed by atoms with Crippen LogP contribution in [0.25, 0.3) is 178 Å². The van der Waals surface area contributed by atoms with E-state index in [1.165, 1.54) is 0 Å². The molecule has 6 heterocycles. The zero-order valence-corrected chi connectivity index (χ0v) is 54.1. The highest BCUT2D eigenvalue weighted by molar-refractivity contribution is 6.19. The van der Waals surface area contributed by atoms with Crippen LogP contribution < -0.4 is 0 Å². The van der Waals surface area contributed by atoms with E-state index in [1.807, 2.05) is 224 Å². The zero-order chi connectivity index (χ0) is 68.1. The second kappa shape index (κ2) is 23.4. The number of hydrogen-bond donors (Lipinski definition) is 0. The van der Waals surface area contributed by atoms with Crippen LogP contribution in [0.4, 0.5) is 0 Å². The lowest BCUT2D eigenvalue weighted by atomic mass is 9.92. The maximum Gasteiger partial charge on any atom is 0.167 e. The van der Waals surface area contributed by atoms with Crippen molar-refractivity contribution < 1.29 is 0 Å². The Bertz CT molecular complexity index is 6380. The molecule has 6 aromatic heterocycles. The molecule has 0 saturated carbocycles. The smallest absolute Gasteiger partial charge is 0.167 e. The van der Waals surface area contributed by atoms with E-state index in [9.17, 15) is 21.0 Å². The van der Waals surface area contributed by atoms with Crippen LogP contribution in [-0.4, -0.2) is 43.2 Å². The molecule has 13 nitrogen and oxygen atoms in total. The fraction of sp³-hybridized carbons (Fsp3) is 0. The van der Waals surface area contributed by atoms with E-state index in [0.29, 0.717) is 85.0 Å². The number of hydrogen-bond acceptors (Lipinski definition) is 9. The Morgan fingerprint density at radius 2 is 0.471 bits per heavy atom. The first-order valence-electron chi connectivity index (χ1n) is 33.3. The Kier molecular flexibility index (Phi) is 13.4. The van der Waals surface area contributed by atoms with Gasteiger partial charge in [0, 0.05) is 70.9 Å². The molecule has 0 aliphatic carbocycles. The van der Waals surface area contributed by atoms with Crippen molar-refractivity contribution in [1.29, 1.82) is 21.0 Å². The molecule has 0 N–H and O–H groups in total. The maximum atomic E-state index is 10.9. The van der Waals surface area contributed by atoms with Gasteiger partial charge in [0.05, 0.1) is 130 Å². The Hall–Kier alpha value is -14.9. The largest absolute Gasteiger partial charge is 0.306 e. The Balaban J connectivity index is 1.20. The molecule has 13 heteroatoms. The first kappa shape index (κ1) is 58.5. The summed E-state index contributed by atoms with van der Waals surface area (Å²) < 4.78 is 9.33. The molecular weight excluding hydrogens is 1250 g/mol. The van der Waals surface area contributed by atoms with Gasteiger partial charge in [-0.15, -0.1) is 0 Å². The van der Waals surface area contributed by atoms with Crippen molar-refractivity contribution >= 4 is 87.2 Å². The van der Waals surface area contributed by atoms with E-state index < -0.39 is 0 Å². The number of rotatable bonds is 10. The Labute approximate surface area is 582 Å². The molecule has 0 aliphatic heterocycles. The molecule has 0 atom stereocenters. The van der Waals surface area contributed by atoms with E-state index in [1.54, 1.807) is 0 Å². The van der Waals surface area contributed by atoms with Gasteiger partial charge in [-0.05, 0) is 103 Å². The van der Waals surface area contributed by atoms with Crippen molar-refractivity contribution in [2.75, 3.05) is 0 Å². The summed E-state index contributed by atoms with van der Waals surface area (Å²) in [5, 5.41) is 50.4. The average molecular weight is 1300 g/mol. The van der Waals surface area contributed by atoms with Gasteiger partial charge in [0.15, 0.2) is 23.3 Å². The molecule has 19 rings (SSSR count). The number of para-hydroxylation sites is 4. The van der Waals surface area contributed by atoms with E-state index in [-0.39, 0.29) is 5.82 Å². The summed E-state index contributed by atoms with van der Waals surface area (Å²) in [6, 6.07) is 109. The van der Waals surface area contributed by atoms with Crippen LogP contribution in [-0.2, 0) is 0 Å². The molecule has 13 aromatic carbocycles. The van der Waals surface area contributed by atoms with E-state index in [2.05, 4.69) is 115 Å². The van der Waals surface area contributed by atoms with Gasteiger partial charge in [0.25, 0.3) is 0 Å². The van der Waals surface area contributed by atoms with Crippen LogP contribution in [0.5, 0.6) is 0 Å². The summed E-state index contributed by atoms with van der Waals surface area (Å²) in [4.78, 5) is 28.7. The van der Waals surface area contributed by atoms with Gasteiger partial charge in [-0.2, -0.15) is 21.0 Å². The number of nitriles is 4. The molecule has 470 valence electrons. The number of nitrogens with zero attached hydrogens (tertiary/aromatic N) is 13. The standard InChI is InChI=1S/C89H49N13/c90-50-54-37-41-76-66(45-54)62-29-13-17-33-72(62)99(76)82-80(71-49-70(58-21-5-1-6-22-58)94-86(95-71)59-23-7-2-8-24-59)81(89-97-87(60-25-9-3-10-26-60)96-88(98-89)61-27-11-4-12-28-61)83(100-73-34-18-14-30-63(73)67-46-55(51-91)38-42-77(67)100)85(102-75-36-20-16-32-65(75)69-48-57(53-93)40-44-79(69)102)84(82)101-74-35-19-15-31-64(74)68-47-56(52-92)39-43-78(68)101/h1-49H. The van der Waals surface area contributed by atoms with E-state index >= 15 is 0 Å². The lowest BCUT2D eigenvalue weighted by Gasteiger charge is -2.31. The predicted octanol–water partition coefficient (Wildman–Crippen LogP) is 20.5. The van der Waals surface area contributed by atoms with Crippen molar-refractivity contribution in [1.82, 2.24) is 43.2 Å². The summed E-state index contributed by atoms with van der Waals surface area (Å²) >= 11 is 0. The van der Waals surface area contributed by atoms with Crippen LogP contribution in [0.3, 0.4) is 0 Å². The summed E-state index contributed by atoms with van der Waals surface area (Å²) in [6.07, 6.45) is 0. The highest BCUT2D eigenvalue weighted by atomic mass is 15.2. The third-order valence-electron chi connectivity index (χ3n) is 19.5. The molecule has 0 bridgehead atoms. The van der Waals surface area contributed by atoms with Crippen molar-refractivity contribution in [2.24, 2.45) is 0 Å². The Morgan fingerprint density at radius 1 is 0.206 bits per heavy atom. The summed E-state index contributed by atoms with van der Waals surface area (Å²) in [5.41, 5.74) is 16.0. The van der Waals surface area contributed by atoms with Gasteiger partial charge < -0.3 is 18.3 Å². The van der Waals surface area contributed by atoms with Gasteiger partial charge in [-0.3, -0.25) is 0 Å². The SMILES string of the molecule is N#Cc1ccc2c(c1)c1ccccc1n2-c1c(-c2cc(-c3ccccc3)nc(-c3ccccc3)n2)c(-c2nc(-c3ccccc3)nc(-c3ccccc3)n2)c(-n2c3ccccc3c3cc(C#N)ccc32)c(-n2c3ccccc3c3cc(C#N)ccc32)c1-n1c2ccccc2c2cc(C#N)ccc21. The van der Waals surface area contributed by atoms with Gasteiger partial charge >= 0.3 is 0 Å². The third kappa shape index (κ3) is 9.11. The number of aromatic nitrogens is 9. The number of fused-ring (bicyclic) bond motifs is 12. The molecule has 0 radical (unpaired) electrons. The monoisotopic (exact) mass is 1300 g/mol. The minimum Gasteiger partial charge on any atom is -0.306 e. The van der Waals surface area contributed by atoms with Crippen LogP contribution in [0.2, 0.25) is 0 Å². The van der Waals surface area contributed by atoms with Crippen LogP contribution in [0.15, 0.2) is 297 Å². The Morgan fingerprint density at radius 3 is 0.814 bits per heavy atom. The minimum atomic E-state index is 0.281.